The lowest BCUT2D eigenvalue weighted by molar-refractivity contribution is 0.590. The van der Waals surface area contributed by atoms with Crippen molar-refractivity contribution >= 4 is 101 Å². The van der Waals surface area contributed by atoms with E-state index in [1.807, 2.05) is 239 Å². The SMILES string of the molecule is [2H]c1c([2H])c([2H])c(-c2c([2H])c([2H])c3c(c2[2H])c2c([2H])c([2H])c([2H])c([2H])c2n3-c2c([2H])c([2H])c3c(c2[2H])N(c2c(-c4ccccc4)cc(-c4ccccc4)cc2-c2ccccc2)c2cc(C(C)(C)C)cc4c2B3c2c([2H])c([2H])c(-n3c5c([2H])c([2H])c([2H])c([2H])c5c5c([2H])c(-c6c([2H])c([2H])c([2H])c([2H])c6[2H])c([2H])c([2H])c53)c([2H])c2N4c2c(-c3ccccc3)cc(-c3ccccc3)cc2-c2ccccc2)c([2H])c1[2H]. The average molecular weight is 1450 g/mol. The zero-order valence-electron chi connectivity index (χ0n) is 89.7. The van der Waals surface area contributed by atoms with E-state index in [9.17, 15) is 32.9 Å². The van der Waals surface area contributed by atoms with Crippen molar-refractivity contribution in [2.75, 3.05) is 9.80 Å². The molecule has 0 radical (unpaired) electrons. The largest absolute Gasteiger partial charge is 0.310 e. The van der Waals surface area contributed by atoms with E-state index in [1.165, 1.54) is 0 Å². The molecule has 0 fully saturated rings. The standard InChI is InChI=1S/C106H75BN4/c1-106(2,3)82-66-101-103-102(67-82)111(105-89(76-44-24-10-25-45-76)64-81(73-38-18-7-19-39-73)65-90(105)77-46-26-11-27-47-77)100-69-84(109-96-51-31-29-49-86(96)92-61-79(53-59-98(92)109)71-34-14-5-15-35-71)55-57-94(100)107(103)93-56-54-83(108-95-50-30-28-48-85(95)91-60-78(52-58-97(91)108)70-32-12-4-13-33-70)68-99(93)110(101)104-87(74-40-20-8-21-41-74)62-80(72-36-16-6-17-37-72)63-88(104)75-42-22-9-23-43-75/h4-69H,1-3H3/i4D,5D,12D,13D,14D,15D,28D,29D,30D,31D,32D,33D,34D,35D,48D,49D,50D,51D,52D,53D,54D,55D,56D,57D,58D,59D,60D,61D,68D,69D. The molecular weight excluding hydrogens is 1340 g/mol. The highest BCUT2D eigenvalue weighted by atomic mass is 15.2. The van der Waals surface area contributed by atoms with Crippen LogP contribution in [0.15, 0.2) is 400 Å². The second kappa shape index (κ2) is 26.4. The second-order valence-electron chi connectivity index (χ2n) is 28.4. The smallest absolute Gasteiger partial charge is 0.252 e. The molecule has 17 aromatic carbocycles. The van der Waals surface area contributed by atoms with Crippen LogP contribution in [0.3, 0.4) is 0 Å². The maximum absolute atomic E-state index is 12.0. The summed E-state index contributed by atoms with van der Waals surface area (Å²) in [5, 5.41) is -2.17. The lowest BCUT2D eigenvalue weighted by Gasteiger charge is -2.46. The van der Waals surface area contributed by atoms with E-state index in [1.54, 1.807) is 9.80 Å². The maximum Gasteiger partial charge on any atom is 0.252 e. The summed E-state index contributed by atoms with van der Waals surface area (Å²) in [6, 6.07) is 42.1. The topological polar surface area (TPSA) is 16.3 Å². The molecule has 2 aromatic heterocycles. The molecule has 0 spiro atoms. The van der Waals surface area contributed by atoms with Crippen LogP contribution in [0, 0.1) is 0 Å². The van der Waals surface area contributed by atoms with Crippen LogP contribution >= 0.6 is 0 Å². The van der Waals surface area contributed by atoms with Gasteiger partial charge in [-0.15, -0.1) is 0 Å². The van der Waals surface area contributed by atoms with Crippen LogP contribution in [-0.2, 0) is 5.41 Å². The van der Waals surface area contributed by atoms with E-state index < -0.39 is 271 Å². The molecule has 522 valence electrons. The highest BCUT2D eigenvalue weighted by molar-refractivity contribution is 7.00. The van der Waals surface area contributed by atoms with Gasteiger partial charge in [0.15, 0.2) is 0 Å². The normalized spacial score (nSPS) is 16.2. The third-order valence-corrected chi connectivity index (χ3v) is 20.9. The van der Waals surface area contributed by atoms with Gasteiger partial charge in [-0.1, -0.05) is 324 Å². The van der Waals surface area contributed by atoms with Gasteiger partial charge in [-0.3, -0.25) is 0 Å². The van der Waals surface area contributed by atoms with Crippen LogP contribution in [0.5, 0.6) is 0 Å². The molecule has 2 aliphatic rings. The Hall–Kier alpha value is -14.0. The Kier molecular flexibility index (Phi) is 9.86. The predicted octanol–water partition coefficient (Wildman–Crippen LogP) is 26.6. The lowest BCUT2D eigenvalue weighted by Crippen LogP contribution is -2.61. The molecule has 0 saturated heterocycles. The molecule has 21 rings (SSSR count). The van der Waals surface area contributed by atoms with Crippen molar-refractivity contribution < 1.29 is 41.1 Å². The lowest BCUT2D eigenvalue weighted by atomic mass is 9.33. The van der Waals surface area contributed by atoms with Crippen LogP contribution in [-0.4, -0.2) is 15.8 Å². The number of aromatic nitrogens is 2. The van der Waals surface area contributed by atoms with Crippen molar-refractivity contribution in [3.63, 3.8) is 0 Å². The molecule has 0 bridgehead atoms. The van der Waals surface area contributed by atoms with Crippen LogP contribution in [0.2, 0.25) is 0 Å². The molecule has 0 N–H and O–H groups in total. The van der Waals surface area contributed by atoms with Crippen molar-refractivity contribution in [1.29, 1.82) is 0 Å². The summed E-state index contributed by atoms with van der Waals surface area (Å²) in [4.78, 5) is 3.59. The maximum atomic E-state index is 12.0. The quantitative estimate of drug-likeness (QED) is 0.113. The fraction of sp³-hybridized carbons (Fsp3) is 0.0377. The predicted molar refractivity (Wildman–Crippen MR) is 471 cm³/mol. The molecule has 0 unspecified atom stereocenters. The number of fused-ring (bicyclic) bond motifs is 10. The first-order valence-electron chi connectivity index (χ1n) is 51.2. The summed E-state index contributed by atoms with van der Waals surface area (Å²) in [5.74, 6) is 0. The van der Waals surface area contributed by atoms with Crippen LogP contribution < -0.4 is 26.2 Å². The summed E-state index contributed by atoms with van der Waals surface area (Å²) < 4.78 is 301. The molecule has 0 amide bonds. The number of anilines is 6. The molecular formula is C106H75BN4. The van der Waals surface area contributed by atoms with Crippen molar-refractivity contribution in [3.05, 3.63) is 405 Å². The summed E-state index contributed by atoms with van der Waals surface area (Å²) in [5.41, 5.74) is -0.126. The summed E-state index contributed by atoms with van der Waals surface area (Å²) >= 11 is 0. The first kappa shape index (κ1) is 41.4. The Bertz CT molecular complexity index is 8090. The molecule has 0 saturated carbocycles. The van der Waals surface area contributed by atoms with Gasteiger partial charge in [0.05, 0.1) is 74.6 Å². The molecule has 0 aliphatic carbocycles. The number of para-hydroxylation sites is 2. The number of nitrogens with zero attached hydrogens (tertiary/aromatic N) is 4. The number of hydrogen-bond acceptors (Lipinski definition) is 2. The molecule has 111 heavy (non-hydrogen) atoms. The number of benzene rings is 17. The summed E-state index contributed by atoms with van der Waals surface area (Å²) in [7, 11) is 0. The zero-order chi connectivity index (χ0) is 99.9. The van der Waals surface area contributed by atoms with Gasteiger partial charge in [0.2, 0.25) is 0 Å². The van der Waals surface area contributed by atoms with Gasteiger partial charge in [-0.2, -0.15) is 0 Å². The third kappa shape index (κ3) is 11.0. The van der Waals surface area contributed by atoms with E-state index in [4.69, 9.17) is 8.22 Å². The van der Waals surface area contributed by atoms with Crippen LogP contribution in [0.25, 0.3) is 144 Å². The van der Waals surface area contributed by atoms with Crippen molar-refractivity contribution in [1.82, 2.24) is 9.13 Å². The van der Waals surface area contributed by atoms with E-state index >= 15 is 0 Å². The molecule has 4 heterocycles. The van der Waals surface area contributed by atoms with Crippen molar-refractivity contribution in [2.24, 2.45) is 0 Å². The zero-order valence-corrected chi connectivity index (χ0v) is 59.7. The van der Waals surface area contributed by atoms with Gasteiger partial charge < -0.3 is 18.9 Å². The van der Waals surface area contributed by atoms with Gasteiger partial charge >= 0.3 is 0 Å². The fourth-order valence-corrected chi connectivity index (χ4v) is 15.8. The van der Waals surface area contributed by atoms with E-state index in [0.717, 1.165) is 20.3 Å². The Morgan fingerprint density at radius 3 is 0.937 bits per heavy atom. The minimum Gasteiger partial charge on any atom is -0.310 e. The Labute approximate surface area is 690 Å². The van der Waals surface area contributed by atoms with E-state index in [2.05, 4.69) is 0 Å². The highest BCUT2D eigenvalue weighted by Crippen LogP contribution is 2.56. The Morgan fingerprint density at radius 1 is 0.261 bits per heavy atom. The summed E-state index contributed by atoms with van der Waals surface area (Å²) in [6.07, 6.45) is 0. The fourth-order valence-electron chi connectivity index (χ4n) is 15.8. The molecule has 5 heteroatoms. The van der Waals surface area contributed by atoms with Gasteiger partial charge in [0.25, 0.3) is 6.71 Å². The first-order valence-corrected chi connectivity index (χ1v) is 36.2. The molecule has 0 atom stereocenters. The first-order chi connectivity index (χ1) is 67.2. The van der Waals surface area contributed by atoms with E-state index in [-0.39, 0.29) is 50.5 Å². The number of rotatable bonds is 12. The van der Waals surface area contributed by atoms with Gasteiger partial charge in [-0.05, 0) is 191 Å². The second-order valence-corrected chi connectivity index (χ2v) is 28.4. The van der Waals surface area contributed by atoms with Crippen molar-refractivity contribution in [3.8, 4) is 100 Å². The van der Waals surface area contributed by atoms with Gasteiger partial charge in [0.1, 0.15) is 0 Å². The minimum atomic E-state index is -1.82. The van der Waals surface area contributed by atoms with Crippen LogP contribution in [0.1, 0.15) is 67.5 Å². The highest BCUT2D eigenvalue weighted by Gasteiger charge is 2.46. The summed E-state index contributed by atoms with van der Waals surface area (Å²) in [6.45, 7) is 4.07. The minimum absolute atomic E-state index is 0.183. The van der Waals surface area contributed by atoms with E-state index in [0.29, 0.717) is 61.2 Å². The van der Waals surface area contributed by atoms with Gasteiger partial charge in [0, 0.05) is 77.9 Å². The van der Waals surface area contributed by atoms with Gasteiger partial charge in [-0.25, -0.2) is 0 Å². The average Bonchev–Trinajstić information content (AvgIpc) is 1.67. The Balaban J connectivity index is 1.02. The number of hydrogen-bond donors (Lipinski definition) is 0. The molecule has 2 aliphatic heterocycles. The molecule has 19 aromatic rings. The van der Waals surface area contributed by atoms with Crippen LogP contribution in [0.4, 0.5) is 34.1 Å². The monoisotopic (exact) mass is 1440 g/mol. The third-order valence-electron chi connectivity index (χ3n) is 20.9. The molecule has 4 nitrogen and oxygen atoms in total. The van der Waals surface area contributed by atoms with Crippen molar-refractivity contribution in [2.45, 2.75) is 26.2 Å². The Morgan fingerprint density at radius 2 is 0.586 bits per heavy atom.